The molecule has 0 aromatic carbocycles. The van der Waals surface area contributed by atoms with E-state index < -0.39 is 10.0 Å². The molecule has 0 aliphatic carbocycles. The second-order valence-corrected chi connectivity index (χ2v) is 7.44. The van der Waals surface area contributed by atoms with Crippen LogP contribution in [0.25, 0.3) is 0 Å². The molecule has 7 nitrogen and oxygen atoms in total. The molecule has 1 aliphatic heterocycles. The molecule has 1 unspecified atom stereocenters. The minimum absolute atomic E-state index is 0.0967. The number of piperidine rings is 1. The predicted molar refractivity (Wildman–Crippen MR) is 82.8 cm³/mol. The lowest BCUT2D eigenvalue weighted by atomic mass is 9.98. The highest BCUT2D eigenvalue weighted by Gasteiger charge is 2.22. The molecule has 0 saturated carbocycles. The Morgan fingerprint density at radius 3 is 2.77 bits per heavy atom. The molecule has 0 spiro atoms. The average molecular weight is 326 g/mol. The first-order chi connectivity index (χ1) is 10.3. The third-order valence-electron chi connectivity index (χ3n) is 3.88. The molecule has 122 valence electrons. The molecule has 2 N–H and O–H groups in total. The molecule has 22 heavy (non-hydrogen) atoms. The molecule has 1 amide bonds. The maximum atomic E-state index is 12.3. The van der Waals surface area contributed by atoms with Gasteiger partial charge in [0, 0.05) is 26.3 Å². The van der Waals surface area contributed by atoms with Crippen LogP contribution in [-0.2, 0) is 10.0 Å². The number of nitrogens with two attached hydrogens (primary N) is 1. The Morgan fingerprint density at radius 1 is 1.50 bits per heavy atom. The van der Waals surface area contributed by atoms with Crippen LogP contribution in [0.5, 0.6) is 0 Å². The lowest BCUT2D eigenvalue weighted by molar-refractivity contribution is 0.0735. The molecule has 1 aromatic heterocycles. The third kappa shape index (κ3) is 4.25. The van der Waals surface area contributed by atoms with Crippen LogP contribution in [0.4, 0.5) is 0 Å². The van der Waals surface area contributed by atoms with Crippen molar-refractivity contribution >= 4 is 15.9 Å². The van der Waals surface area contributed by atoms with E-state index in [9.17, 15) is 13.2 Å². The largest absolute Gasteiger partial charge is 0.340 e. The number of carbonyl (C=O) groups is 1. The fourth-order valence-corrected chi connectivity index (χ4v) is 3.22. The summed E-state index contributed by atoms with van der Waals surface area (Å²) >= 11 is 0. The van der Waals surface area contributed by atoms with Crippen LogP contribution in [0.2, 0.25) is 0 Å². The van der Waals surface area contributed by atoms with Gasteiger partial charge in [0.2, 0.25) is 10.0 Å². The minimum atomic E-state index is -3.79. The van der Waals surface area contributed by atoms with Crippen molar-refractivity contribution in [3.8, 4) is 0 Å². The summed E-state index contributed by atoms with van der Waals surface area (Å²) in [5.41, 5.74) is 0.221. The Morgan fingerprint density at radius 2 is 2.23 bits per heavy atom. The van der Waals surface area contributed by atoms with Gasteiger partial charge in [-0.05, 0) is 44.5 Å². The Balaban J connectivity index is 2.01. The second kappa shape index (κ2) is 6.72. The molecule has 1 aromatic rings. The van der Waals surface area contributed by atoms with Gasteiger partial charge >= 0.3 is 0 Å². The molecule has 0 radical (unpaired) electrons. The first kappa shape index (κ1) is 16.9. The van der Waals surface area contributed by atoms with Crippen molar-refractivity contribution in [2.24, 2.45) is 11.1 Å². The van der Waals surface area contributed by atoms with Crippen molar-refractivity contribution in [1.29, 1.82) is 0 Å². The first-order valence-electron chi connectivity index (χ1n) is 7.20. The predicted octanol–water partition coefficient (Wildman–Crippen LogP) is 0.143. The van der Waals surface area contributed by atoms with E-state index in [4.69, 9.17) is 5.14 Å². The van der Waals surface area contributed by atoms with Gasteiger partial charge in [-0.2, -0.15) is 0 Å². The van der Waals surface area contributed by atoms with Crippen LogP contribution in [0.1, 0.15) is 23.3 Å². The highest BCUT2D eigenvalue weighted by molar-refractivity contribution is 7.89. The lowest BCUT2D eigenvalue weighted by Gasteiger charge is -2.32. The molecule has 1 atom stereocenters. The van der Waals surface area contributed by atoms with Gasteiger partial charge in [0.05, 0.1) is 0 Å². The number of carbonyl (C=O) groups excluding carboxylic acids is 1. The van der Waals surface area contributed by atoms with E-state index in [1.54, 1.807) is 11.9 Å². The van der Waals surface area contributed by atoms with E-state index in [-0.39, 0.29) is 16.5 Å². The van der Waals surface area contributed by atoms with Gasteiger partial charge in [0.1, 0.15) is 10.6 Å². The fraction of sp³-hybridized carbons (Fsp3) is 0.571. The Kier molecular flexibility index (Phi) is 5.15. The van der Waals surface area contributed by atoms with E-state index in [1.165, 1.54) is 12.1 Å². The van der Waals surface area contributed by atoms with Crippen molar-refractivity contribution in [2.75, 3.05) is 33.7 Å². The summed E-state index contributed by atoms with van der Waals surface area (Å²) in [6.07, 6.45) is 3.37. The highest BCUT2D eigenvalue weighted by atomic mass is 32.2. The number of sulfonamides is 1. The maximum absolute atomic E-state index is 12.3. The zero-order chi connectivity index (χ0) is 16.3. The van der Waals surface area contributed by atoms with E-state index in [2.05, 4.69) is 16.9 Å². The molecule has 1 saturated heterocycles. The number of pyridine rings is 1. The van der Waals surface area contributed by atoms with Gasteiger partial charge in [0.25, 0.3) is 5.91 Å². The number of aromatic nitrogens is 1. The van der Waals surface area contributed by atoms with E-state index in [1.807, 2.05) is 0 Å². The van der Waals surface area contributed by atoms with E-state index in [0.717, 1.165) is 32.1 Å². The van der Waals surface area contributed by atoms with E-state index >= 15 is 0 Å². The topological polar surface area (TPSA) is 96.6 Å². The molecular formula is C14H22N4O3S. The van der Waals surface area contributed by atoms with Crippen LogP contribution in [0.15, 0.2) is 23.2 Å². The zero-order valence-electron chi connectivity index (χ0n) is 12.9. The average Bonchev–Trinajstić information content (AvgIpc) is 2.45. The maximum Gasteiger partial charge on any atom is 0.272 e. The van der Waals surface area contributed by atoms with E-state index in [0.29, 0.717) is 12.5 Å². The van der Waals surface area contributed by atoms with Gasteiger partial charge < -0.3 is 9.80 Å². The number of likely N-dealkylation sites (tertiary alicyclic amines) is 1. The van der Waals surface area contributed by atoms with Crippen molar-refractivity contribution in [2.45, 2.75) is 17.7 Å². The lowest BCUT2D eigenvalue weighted by Crippen LogP contribution is -2.40. The van der Waals surface area contributed by atoms with Gasteiger partial charge in [-0.1, -0.05) is 0 Å². The van der Waals surface area contributed by atoms with Gasteiger partial charge in [-0.3, -0.25) is 4.79 Å². The minimum Gasteiger partial charge on any atom is -0.340 e. The summed E-state index contributed by atoms with van der Waals surface area (Å²) in [7, 11) is 0.0398. The Hall–Kier alpha value is -1.51. The SMILES string of the molecule is CN1CCCC(CN(C)C(=O)c2ccc(S(N)(=O)=O)cn2)C1. The van der Waals surface area contributed by atoms with Crippen molar-refractivity contribution in [3.05, 3.63) is 24.0 Å². The van der Waals surface area contributed by atoms with Crippen molar-refractivity contribution < 1.29 is 13.2 Å². The third-order valence-corrected chi connectivity index (χ3v) is 4.78. The highest BCUT2D eigenvalue weighted by Crippen LogP contribution is 2.17. The first-order valence-corrected chi connectivity index (χ1v) is 8.75. The Bertz CT molecular complexity index is 630. The molecule has 2 rings (SSSR count). The Labute approximate surface area is 131 Å². The van der Waals surface area contributed by atoms with Crippen LogP contribution in [-0.4, -0.2) is 62.8 Å². The number of hydrogen-bond donors (Lipinski definition) is 1. The summed E-state index contributed by atoms with van der Waals surface area (Å²) in [5, 5.41) is 5.01. The quantitative estimate of drug-likeness (QED) is 0.849. The number of nitrogens with zero attached hydrogens (tertiary/aromatic N) is 3. The summed E-state index contributed by atoms with van der Waals surface area (Å²) in [6, 6.07) is 2.70. The van der Waals surface area contributed by atoms with Gasteiger partial charge in [-0.15, -0.1) is 0 Å². The summed E-state index contributed by atoms with van der Waals surface area (Å²) in [6.45, 7) is 2.75. The standard InChI is InChI=1S/C14H22N4O3S/c1-17-7-3-4-11(9-17)10-18(2)14(19)13-6-5-12(8-16-13)22(15,20)21/h5-6,8,11H,3-4,7,9-10H2,1-2H3,(H2,15,20,21). The molecule has 2 heterocycles. The van der Waals surface area contributed by atoms with Crippen molar-refractivity contribution in [3.63, 3.8) is 0 Å². The smallest absolute Gasteiger partial charge is 0.272 e. The summed E-state index contributed by atoms with van der Waals surface area (Å²) in [4.78, 5) is 20.1. The van der Waals surface area contributed by atoms with Crippen LogP contribution in [0.3, 0.4) is 0 Å². The van der Waals surface area contributed by atoms with Crippen LogP contribution >= 0.6 is 0 Å². The zero-order valence-corrected chi connectivity index (χ0v) is 13.7. The monoisotopic (exact) mass is 326 g/mol. The number of amides is 1. The molecular weight excluding hydrogens is 304 g/mol. The van der Waals surface area contributed by atoms with Gasteiger partial charge in [0.15, 0.2) is 0 Å². The molecule has 8 heteroatoms. The van der Waals surface area contributed by atoms with Crippen LogP contribution < -0.4 is 5.14 Å². The molecule has 1 fully saturated rings. The van der Waals surface area contributed by atoms with Crippen molar-refractivity contribution in [1.82, 2.24) is 14.8 Å². The normalized spacial score (nSPS) is 19.9. The molecule has 0 bridgehead atoms. The number of primary sulfonamides is 1. The number of rotatable bonds is 4. The summed E-state index contributed by atoms with van der Waals surface area (Å²) < 4.78 is 22.4. The fourth-order valence-electron chi connectivity index (χ4n) is 2.76. The summed E-state index contributed by atoms with van der Waals surface area (Å²) in [5.74, 6) is 0.241. The van der Waals surface area contributed by atoms with Gasteiger partial charge in [-0.25, -0.2) is 18.5 Å². The number of hydrogen-bond acceptors (Lipinski definition) is 5. The second-order valence-electron chi connectivity index (χ2n) is 5.88. The van der Waals surface area contributed by atoms with Crippen LogP contribution in [0, 0.1) is 5.92 Å². The molecule has 1 aliphatic rings.